The molecule has 1 N–H and O–H groups in total. The van der Waals surface area contributed by atoms with Gasteiger partial charge in [0.15, 0.2) is 0 Å². The van der Waals surface area contributed by atoms with Crippen molar-refractivity contribution in [2.75, 3.05) is 11.9 Å². The Kier molecular flexibility index (Phi) is 4.46. The molecule has 2 rings (SSSR count). The minimum absolute atomic E-state index is 0.682. The number of nitrogens with one attached hydrogen (secondary N) is 1. The number of anilines is 1. The van der Waals surface area contributed by atoms with Crippen molar-refractivity contribution in [3.05, 3.63) is 33.3 Å². The molecule has 96 valence electrons. The number of aryl methyl sites for hydroxylation is 1. The third kappa shape index (κ3) is 2.78. The maximum Gasteiger partial charge on any atom is 0.129 e. The van der Waals surface area contributed by atoms with Gasteiger partial charge in [-0.1, -0.05) is 40.9 Å². The van der Waals surface area contributed by atoms with Gasteiger partial charge in [-0.05, 0) is 37.1 Å². The molecule has 1 heterocycles. The highest BCUT2D eigenvalue weighted by molar-refractivity contribution is 9.10. The number of rotatable bonds is 4. The summed E-state index contributed by atoms with van der Waals surface area (Å²) < 4.78 is 0.987. The Balaban J connectivity index is 2.63. The summed E-state index contributed by atoms with van der Waals surface area (Å²) in [4.78, 5) is 4.66. The number of halogens is 2. The van der Waals surface area contributed by atoms with Crippen molar-refractivity contribution in [3.8, 4) is 0 Å². The predicted molar refractivity (Wildman–Crippen MR) is 82.6 cm³/mol. The molecule has 0 saturated carbocycles. The fraction of sp³-hybridized carbons (Fsp3) is 0.357. The first-order chi connectivity index (χ1) is 8.65. The van der Waals surface area contributed by atoms with Gasteiger partial charge in [-0.25, -0.2) is 4.98 Å². The predicted octanol–water partition coefficient (Wildman–Crippen LogP) is 5.04. The fourth-order valence-corrected chi connectivity index (χ4v) is 2.91. The van der Waals surface area contributed by atoms with E-state index in [1.807, 2.05) is 6.07 Å². The molecule has 18 heavy (non-hydrogen) atoms. The number of pyridine rings is 1. The van der Waals surface area contributed by atoms with Crippen molar-refractivity contribution in [1.82, 2.24) is 4.98 Å². The van der Waals surface area contributed by atoms with Gasteiger partial charge in [0.25, 0.3) is 0 Å². The summed E-state index contributed by atoms with van der Waals surface area (Å²) in [5.74, 6) is 0.955. The van der Waals surface area contributed by atoms with Crippen LogP contribution in [-0.4, -0.2) is 11.5 Å². The lowest BCUT2D eigenvalue weighted by Gasteiger charge is -2.12. The summed E-state index contributed by atoms with van der Waals surface area (Å²) in [6, 6.07) is 6.12. The van der Waals surface area contributed by atoms with Gasteiger partial charge < -0.3 is 5.32 Å². The Morgan fingerprint density at radius 3 is 2.72 bits per heavy atom. The van der Waals surface area contributed by atoms with E-state index in [1.165, 1.54) is 5.56 Å². The van der Waals surface area contributed by atoms with E-state index in [-0.39, 0.29) is 0 Å². The van der Waals surface area contributed by atoms with E-state index in [0.29, 0.717) is 5.02 Å². The molecule has 0 spiro atoms. The average molecular weight is 328 g/mol. The van der Waals surface area contributed by atoms with Crippen LogP contribution in [-0.2, 0) is 6.42 Å². The second kappa shape index (κ2) is 5.89. The SMILES string of the molecule is CCCc1cc2cc(Br)cc(Cl)c2nc1NCC. The first kappa shape index (κ1) is 13.6. The molecule has 0 saturated heterocycles. The highest BCUT2D eigenvalue weighted by Gasteiger charge is 2.09. The van der Waals surface area contributed by atoms with Crippen LogP contribution in [0.4, 0.5) is 5.82 Å². The molecule has 2 aromatic rings. The standard InChI is InChI=1S/C14H16BrClN2/c1-3-5-9-6-10-7-11(15)8-12(16)13(10)18-14(9)17-4-2/h6-8H,3-5H2,1-2H3,(H,17,18). The number of nitrogens with zero attached hydrogens (tertiary/aromatic N) is 1. The van der Waals surface area contributed by atoms with Gasteiger partial charge >= 0.3 is 0 Å². The molecular weight excluding hydrogens is 312 g/mol. The molecule has 0 aliphatic carbocycles. The van der Waals surface area contributed by atoms with Crippen molar-refractivity contribution >= 4 is 44.3 Å². The van der Waals surface area contributed by atoms with Crippen LogP contribution in [0.1, 0.15) is 25.8 Å². The molecule has 0 amide bonds. The van der Waals surface area contributed by atoms with Gasteiger partial charge in [0.1, 0.15) is 5.82 Å². The van der Waals surface area contributed by atoms with Crippen LogP contribution in [0.15, 0.2) is 22.7 Å². The summed E-state index contributed by atoms with van der Waals surface area (Å²) in [7, 11) is 0. The van der Waals surface area contributed by atoms with Crippen LogP contribution in [0.25, 0.3) is 10.9 Å². The minimum atomic E-state index is 0.682. The number of fused-ring (bicyclic) bond motifs is 1. The monoisotopic (exact) mass is 326 g/mol. The topological polar surface area (TPSA) is 24.9 Å². The van der Waals surface area contributed by atoms with Gasteiger partial charge in [0.2, 0.25) is 0 Å². The molecule has 2 nitrogen and oxygen atoms in total. The van der Waals surface area contributed by atoms with Gasteiger partial charge in [-0.15, -0.1) is 0 Å². The Hall–Kier alpha value is -0.800. The molecule has 1 aromatic carbocycles. The molecule has 0 aliphatic heterocycles. The van der Waals surface area contributed by atoms with E-state index >= 15 is 0 Å². The van der Waals surface area contributed by atoms with Gasteiger partial charge in [-0.3, -0.25) is 0 Å². The van der Waals surface area contributed by atoms with Crippen molar-refractivity contribution in [3.63, 3.8) is 0 Å². The number of aromatic nitrogens is 1. The molecule has 0 atom stereocenters. The highest BCUT2D eigenvalue weighted by atomic mass is 79.9. The van der Waals surface area contributed by atoms with E-state index in [4.69, 9.17) is 11.6 Å². The Bertz CT molecular complexity index is 569. The van der Waals surface area contributed by atoms with Gasteiger partial charge in [0.05, 0.1) is 10.5 Å². The summed E-state index contributed by atoms with van der Waals surface area (Å²) in [6.45, 7) is 5.11. The van der Waals surface area contributed by atoms with Gasteiger partial charge in [-0.2, -0.15) is 0 Å². The smallest absolute Gasteiger partial charge is 0.129 e. The first-order valence-corrected chi connectivity index (χ1v) is 7.35. The lowest BCUT2D eigenvalue weighted by atomic mass is 10.1. The maximum absolute atomic E-state index is 6.24. The lowest BCUT2D eigenvalue weighted by Crippen LogP contribution is -2.04. The molecule has 4 heteroatoms. The van der Waals surface area contributed by atoms with Gasteiger partial charge in [0, 0.05) is 16.4 Å². The zero-order valence-electron chi connectivity index (χ0n) is 10.6. The highest BCUT2D eigenvalue weighted by Crippen LogP contribution is 2.30. The van der Waals surface area contributed by atoms with Crippen molar-refractivity contribution < 1.29 is 0 Å². The molecule has 0 radical (unpaired) electrons. The molecule has 0 fully saturated rings. The molecule has 1 aromatic heterocycles. The average Bonchev–Trinajstić information content (AvgIpc) is 2.31. The van der Waals surface area contributed by atoms with Crippen LogP contribution < -0.4 is 5.32 Å². The summed E-state index contributed by atoms with van der Waals surface area (Å²) >= 11 is 9.71. The number of hydrogen-bond acceptors (Lipinski definition) is 2. The maximum atomic E-state index is 6.24. The molecule has 0 unspecified atom stereocenters. The Morgan fingerprint density at radius 1 is 1.28 bits per heavy atom. The number of benzene rings is 1. The summed E-state index contributed by atoms with van der Waals surface area (Å²) in [5.41, 5.74) is 2.11. The third-order valence-corrected chi connectivity index (χ3v) is 3.52. The van der Waals surface area contributed by atoms with Crippen molar-refractivity contribution in [1.29, 1.82) is 0 Å². The zero-order valence-corrected chi connectivity index (χ0v) is 12.9. The molecule has 0 bridgehead atoms. The van der Waals surface area contributed by atoms with E-state index in [1.54, 1.807) is 0 Å². The normalized spacial score (nSPS) is 10.9. The van der Waals surface area contributed by atoms with E-state index in [0.717, 1.165) is 40.6 Å². The Morgan fingerprint density at radius 2 is 2.06 bits per heavy atom. The van der Waals surface area contributed by atoms with Crippen LogP contribution >= 0.6 is 27.5 Å². The zero-order chi connectivity index (χ0) is 13.1. The quantitative estimate of drug-likeness (QED) is 0.851. The van der Waals surface area contributed by atoms with Crippen molar-refractivity contribution in [2.45, 2.75) is 26.7 Å². The van der Waals surface area contributed by atoms with E-state index in [2.05, 4.69) is 52.2 Å². The molecular formula is C14H16BrClN2. The molecule has 0 aliphatic rings. The summed E-state index contributed by atoms with van der Waals surface area (Å²) in [5, 5.41) is 5.08. The third-order valence-electron chi connectivity index (χ3n) is 2.78. The summed E-state index contributed by atoms with van der Waals surface area (Å²) in [6.07, 6.45) is 2.13. The van der Waals surface area contributed by atoms with Crippen LogP contribution in [0.3, 0.4) is 0 Å². The second-order valence-electron chi connectivity index (χ2n) is 4.24. The fourth-order valence-electron chi connectivity index (χ4n) is 2.03. The van der Waals surface area contributed by atoms with E-state index in [9.17, 15) is 0 Å². The largest absolute Gasteiger partial charge is 0.370 e. The number of hydrogen-bond donors (Lipinski definition) is 1. The van der Waals surface area contributed by atoms with Crippen LogP contribution in [0, 0.1) is 0 Å². The lowest BCUT2D eigenvalue weighted by molar-refractivity contribution is 0.916. The van der Waals surface area contributed by atoms with Crippen molar-refractivity contribution in [2.24, 2.45) is 0 Å². The van der Waals surface area contributed by atoms with Crippen LogP contribution in [0.2, 0.25) is 5.02 Å². The van der Waals surface area contributed by atoms with E-state index < -0.39 is 0 Å². The first-order valence-electron chi connectivity index (χ1n) is 6.18. The second-order valence-corrected chi connectivity index (χ2v) is 5.56. The minimum Gasteiger partial charge on any atom is -0.370 e. The van der Waals surface area contributed by atoms with Crippen LogP contribution in [0.5, 0.6) is 0 Å². The Labute approximate surface area is 121 Å².